The van der Waals surface area contributed by atoms with E-state index in [9.17, 15) is 0 Å². The number of hydrogen-bond acceptors (Lipinski definition) is 2. The summed E-state index contributed by atoms with van der Waals surface area (Å²) in [7, 11) is 4.46. The second kappa shape index (κ2) is 3.35. The van der Waals surface area contributed by atoms with Crippen molar-refractivity contribution in [2.24, 2.45) is 0 Å². The molecule has 2 unspecified atom stereocenters. The third-order valence-corrected chi connectivity index (χ3v) is 3.66. The molecule has 0 aromatic rings. The van der Waals surface area contributed by atoms with Crippen molar-refractivity contribution < 1.29 is 0 Å². The van der Waals surface area contributed by atoms with E-state index in [1.165, 1.54) is 12.8 Å². The molecular weight excluding hydrogens is 148 g/mol. The molecule has 0 spiro atoms. The molecule has 2 nitrogen and oxygen atoms in total. The topological polar surface area (TPSA) is 6.48 Å². The first-order valence-corrected chi connectivity index (χ1v) is 4.97. The molecule has 72 valence electrons. The minimum Gasteiger partial charge on any atom is -0.289 e. The summed E-state index contributed by atoms with van der Waals surface area (Å²) in [5.41, 5.74) is 0.392. The van der Waals surface area contributed by atoms with Gasteiger partial charge in [0.25, 0.3) is 0 Å². The second-order valence-electron chi connectivity index (χ2n) is 4.23. The fourth-order valence-electron chi connectivity index (χ4n) is 2.58. The van der Waals surface area contributed by atoms with E-state index in [0.29, 0.717) is 5.54 Å². The van der Waals surface area contributed by atoms with Gasteiger partial charge in [-0.1, -0.05) is 13.8 Å². The molecule has 0 aromatic heterocycles. The fraction of sp³-hybridized carbons (Fsp3) is 1.00. The Hall–Kier alpha value is -0.0800. The predicted octanol–water partition coefficient (Wildman–Crippen LogP) is 1.77. The highest BCUT2D eigenvalue weighted by molar-refractivity contribution is 4.99. The lowest BCUT2D eigenvalue weighted by molar-refractivity contribution is 0.166. The molecule has 1 heterocycles. The largest absolute Gasteiger partial charge is 0.289 e. The summed E-state index contributed by atoms with van der Waals surface area (Å²) in [5, 5.41) is 0. The van der Waals surface area contributed by atoms with E-state index in [1.807, 2.05) is 0 Å². The van der Waals surface area contributed by atoms with E-state index in [1.54, 1.807) is 0 Å². The maximum atomic E-state index is 2.47. The Kier molecular flexibility index (Phi) is 2.79. The molecule has 0 amide bonds. The lowest BCUT2D eigenvalue weighted by Crippen LogP contribution is -2.46. The fourth-order valence-corrected chi connectivity index (χ4v) is 2.58. The Balaban J connectivity index is 2.81. The molecule has 0 aliphatic carbocycles. The van der Waals surface area contributed by atoms with Crippen LogP contribution in [0.2, 0.25) is 0 Å². The number of nitrogens with zero attached hydrogens (tertiary/aromatic N) is 2. The quantitative estimate of drug-likeness (QED) is 0.623. The Morgan fingerprint density at radius 1 is 1.33 bits per heavy atom. The van der Waals surface area contributed by atoms with Crippen molar-refractivity contribution in [1.29, 1.82) is 0 Å². The zero-order chi connectivity index (χ0) is 9.35. The predicted molar refractivity (Wildman–Crippen MR) is 53.2 cm³/mol. The van der Waals surface area contributed by atoms with Gasteiger partial charge in [-0.25, -0.2) is 0 Å². The summed E-state index contributed by atoms with van der Waals surface area (Å²) in [6.45, 7) is 8.07. The Bertz CT molecular complexity index is 158. The average Bonchev–Trinajstić information content (AvgIpc) is 2.24. The van der Waals surface area contributed by atoms with Gasteiger partial charge in [0.2, 0.25) is 0 Å². The normalized spacial score (nSPS) is 39.2. The third kappa shape index (κ3) is 1.27. The Labute approximate surface area is 76.5 Å². The first-order chi connectivity index (χ1) is 5.56. The maximum absolute atomic E-state index is 2.47. The van der Waals surface area contributed by atoms with Gasteiger partial charge in [0.05, 0.1) is 6.67 Å². The van der Waals surface area contributed by atoms with Crippen LogP contribution in [0.5, 0.6) is 0 Å². The van der Waals surface area contributed by atoms with Crippen LogP contribution in [0.1, 0.15) is 33.6 Å². The summed E-state index contributed by atoms with van der Waals surface area (Å²) in [5.74, 6) is 0. The van der Waals surface area contributed by atoms with Gasteiger partial charge >= 0.3 is 0 Å². The van der Waals surface area contributed by atoms with E-state index in [4.69, 9.17) is 0 Å². The summed E-state index contributed by atoms with van der Waals surface area (Å²) in [4.78, 5) is 4.94. The van der Waals surface area contributed by atoms with Gasteiger partial charge in [0.1, 0.15) is 0 Å². The van der Waals surface area contributed by atoms with E-state index in [-0.39, 0.29) is 0 Å². The van der Waals surface area contributed by atoms with Crippen LogP contribution in [0, 0.1) is 0 Å². The van der Waals surface area contributed by atoms with Crippen molar-refractivity contribution in [3.63, 3.8) is 0 Å². The van der Waals surface area contributed by atoms with Crippen LogP contribution < -0.4 is 0 Å². The summed E-state index contributed by atoms with van der Waals surface area (Å²) in [6.07, 6.45) is 2.50. The molecule has 0 aromatic carbocycles. The molecule has 0 bridgehead atoms. The molecule has 1 aliphatic heterocycles. The van der Waals surface area contributed by atoms with Crippen LogP contribution in [-0.2, 0) is 0 Å². The molecule has 0 saturated carbocycles. The van der Waals surface area contributed by atoms with Gasteiger partial charge < -0.3 is 0 Å². The van der Waals surface area contributed by atoms with Crippen molar-refractivity contribution in [3.8, 4) is 0 Å². The number of rotatable bonds is 2. The molecule has 1 fully saturated rings. The van der Waals surface area contributed by atoms with Crippen LogP contribution in [0.25, 0.3) is 0 Å². The molecule has 1 aliphatic rings. The number of hydrogen-bond donors (Lipinski definition) is 0. The van der Waals surface area contributed by atoms with Gasteiger partial charge in [-0.15, -0.1) is 0 Å². The van der Waals surface area contributed by atoms with Crippen LogP contribution in [0.15, 0.2) is 0 Å². The van der Waals surface area contributed by atoms with Crippen molar-refractivity contribution in [3.05, 3.63) is 0 Å². The monoisotopic (exact) mass is 170 g/mol. The molecule has 1 saturated heterocycles. The van der Waals surface area contributed by atoms with Gasteiger partial charge in [-0.2, -0.15) is 0 Å². The smallest absolute Gasteiger partial charge is 0.0509 e. The highest BCUT2D eigenvalue weighted by Gasteiger charge is 2.43. The Morgan fingerprint density at radius 3 is 2.25 bits per heavy atom. The van der Waals surface area contributed by atoms with Gasteiger partial charge in [-0.3, -0.25) is 9.80 Å². The van der Waals surface area contributed by atoms with Crippen molar-refractivity contribution in [2.75, 3.05) is 20.8 Å². The van der Waals surface area contributed by atoms with E-state index in [2.05, 4.69) is 44.7 Å². The number of likely N-dealkylation sites (N-methyl/N-ethyl adjacent to an activating group) is 2. The van der Waals surface area contributed by atoms with E-state index < -0.39 is 0 Å². The molecule has 2 heteroatoms. The van der Waals surface area contributed by atoms with Gasteiger partial charge in [0.15, 0.2) is 0 Å². The standard InChI is InChI=1S/C10H22N2/c1-6-9-10(3,7-2)12(5)8-11(9)4/h9H,6-8H2,1-5H3. The van der Waals surface area contributed by atoms with Crippen LogP contribution >= 0.6 is 0 Å². The highest BCUT2D eigenvalue weighted by Crippen LogP contribution is 2.33. The summed E-state index contributed by atoms with van der Waals surface area (Å²) < 4.78 is 0. The first-order valence-electron chi connectivity index (χ1n) is 4.97. The SMILES string of the molecule is CCC1N(C)CN(C)C1(C)CC. The van der Waals surface area contributed by atoms with Gasteiger partial charge in [-0.05, 0) is 33.9 Å². The molecule has 12 heavy (non-hydrogen) atoms. The summed E-state index contributed by atoms with van der Waals surface area (Å²) >= 11 is 0. The second-order valence-corrected chi connectivity index (χ2v) is 4.23. The average molecular weight is 170 g/mol. The maximum Gasteiger partial charge on any atom is 0.0509 e. The first kappa shape index (κ1) is 10.0. The van der Waals surface area contributed by atoms with Crippen molar-refractivity contribution >= 4 is 0 Å². The van der Waals surface area contributed by atoms with Crippen LogP contribution in [-0.4, -0.2) is 42.1 Å². The molecular formula is C10H22N2. The highest BCUT2D eigenvalue weighted by atomic mass is 15.4. The third-order valence-electron chi connectivity index (χ3n) is 3.66. The van der Waals surface area contributed by atoms with E-state index >= 15 is 0 Å². The molecule has 0 radical (unpaired) electrons. The van der Waals surface area contributed by atoms with E-state index in [0.717, 1.165) is 12.7 Å². The zero-order valence-electron chi connectivity index (χ0n) is 9.09. The van der Waals surface area contributed by atoms with Gasteiger partial charge in [0, 0.05) is 11.6 Å². The minimum absolute atomic E-state index is 0.392. The molecule has 0 N–H and O–H groups in total. The Morgan fingerprint density at radius 2 is 1.92 bits per heavy atom. The van der Waals surface area contributed by atoms with Crippen molar-refractivity contribution in [1.82, 2.24) is 9.80 Å². The summed E-state index contributed by atoms with van der Waals surface area (Å²) in [6, 6.07) is 0.729. The zero-order valence-corrected chi connectivity index (χ0v) is 9.09. The molecule has 1 rings (SSSR count). The van der Waals surface area contributed by atoms with Crippen LogP contribution in [0.3, 0.4) is 0 Å². The van der Waals surface area contributed by atoms with Crippen molar-refractivity contribution in [2.45, 2.75) is 45.2 Å². The lowest BCUT2D eigenvalue weighted by Gasteiger charge is -2.36. The molecule has 2 atom stereocenters. The van der Waals surface area contributed by atoms with Crippen LogP contribution in [0.4, 0.5) is 0 Å². The minimum atomic E-state index is 0.392. The lowest BCUT2D eigenvalue weighted by atomic mass is 9.88.